The van der Waals surface area contributed by atoms with Crippen molar-refractivity contribution in [3.63, 3.8) is 0 Å². The van der Waals surface area contributed by atoms with E-state index in [0.717, 1.165) is 5.56 Å². The van der Waals surface area contributed by atoms with E-state index in [-0.39, 0.29) is 30.6 Å². The molecule has 1 aromatic heterocycles. The first-order valence-electron chi connectivity index (χ1n) is 9.19. The predicted molar refractivity (Wildman–Crippen MR) is 105 cm³/mol. The van der Waals surface area contributed by atoms with Crippen LogP contribution < -0.4 is 10.2 Å². The largest absolute Gasteiger partial charge is 0.339 e. The van der Waals surface area contributed by atoms with Crippen LogP contribution in [-0.2, 0) is 9.59 Å². The molecule has 1 aliphatic rings. The molecule has 2 amide bonds. The third-order valence-corrected chi connectivity index (χ3v) is 4.88. The number of rotatable bonds is 4. The van der Waals surface area contributed by atoms with Gasteiger partial charge in [0.15, 0.2) is 0 Å². The highest BCUT2D eigenvalue weighted by Gasteiger charge is 2.35. The lowest BCUT2D eigenvalue weighted by atomic mass is 10.1. The van der Waals surface area contributed by atoms with Crippen molar-refractivity contribution in [2.75, 3.05) is 16.8 Å². The first-order chi connectivity index (χ1) is 13.9. The Labute approximate surface area is 166 Å². The molecule has 29 heavy (non-hydrogen) atoms. The lowest BCUT2D eigenvalue weighted by Crippen LogP contribution is -2.28. The van der Waals surface area contributed by atoms with Crippen molar-refractivity contribution in [3.05, 3.63) is 59.7 Å². The zero-order valence-corrected chi connectivity index (χ0v) is 16.0. The highest BCUT2D eigenvalue weighted by Crippen LogP contribution is 2.29. The van der Waals surface area contributed by atoms with Gasteiger partial charge in [-0.15, -0.1) is 0 Å². The standard InChI is InChI=1S/C21H19FN4O3/c1-12-6-7-16(10-18(12)22)24-21(28)15-9-19(27)26(11-15)17-5-3-4-14(8-17)20-23-13(2)29-25-20/h3-8,10,15H,9,11H2,1-2H3,(H,24,28). The Hall–Kier alpha value is -3.55. The number of hydrogen-bond acceptors (Lipinski definition) is 5. The van der Waals surface area contributed by atoms with Gasteiger partial charge >= 0.3 is 0 Å². The zero-order valence-electron chi connectivity index (χ0n) is 16.0. The van der Waals surface area contributed by atoms with Gasteiger partial charge in [0.1, 0.15) is 5.82 Å². The van der Waals surface area contributed by atoms with Crippen molar-refractivity contribution in [1.82, 2.24) is 10.1 Å². The summed E-state index contributed by atoms with van der Waals surface area (Å²) in [4.78, 5) is 30.9. The summed E-state index contributed by atoms with van der Waals surface area (Å²) in [6.45, 7) is 3.60. The Morgan fingerprint density at radius 1 is 1.24 bits per heavy atom. The molecule has 1 aliphatic heterocycles. The number of halogens is 1. The van der Waals surface area contributed by atoms with Gasteiger partial charge < -0.3 is 14.7 Å². The molecule has 1 saturated heterocycles. The monoisotopic (exact) mass is 394 g/mol. The molecule has 7 nitrogen and oxygen atoms in total. The number of aryl methyl sites for hydroxylation is 2. The van der Waals surface area contributed by atoms with Gasteiger partial charge in [0, 0.05) is 36.8 Å². The molecule has 8 heteroatoms. The maximum atomic E-state index is 13.7. The third-order valence-electron chi connectivity index (χ3n) is 4.88. The number of nitrogens with zero attached hydrogens (tertiary/aromatic N) is 3. The van der Waals surface area contributed by atoms with Gasteiger partial charge in [-0.05, 0) is 36.8 Å². The minimum atomic E-state index is -0.525. The topological polar surface area (TPSA) is 88.3 Å². The highest BCUT2D eigenvalue weighted by atomic mass is 19.1. The average Bonchev–Trinajstić information content (AvgIpc) is 3.31. The molecule has 0 aliphatic carbocycles. The Morgan fingerprint density at radius 3 is 2.79 bits per heavy atom. The number of nitrogens with one attached hydrogen (secondary N) is 1. The number of aromatic nitrogens is 2. The molecule has 1 atom stereocenters. The summed E-state index contributed by atoms with van der Waals surface area (Å²) < 4.78 is 18.7. The molecule has 148 valence electrons. The van der Waals surface area contributed by atoms with E-state index in [1.54, 1.807) is 49.1 Å². The summed E-state index contributed by atoms with van der Waals surface area (Å²) in [6, 6.07) is 11.7. The first-order valence-corrected chi connectivity index (χ1v) is 9.19. The van der Waals surface area contributed by atoms with Gasteiger partial charge in [0.05, 0.1) is 5.92 Å². The summed E-state index contributed by atoms with van der Waals surface area (Å²) in [7, 11) is 0. The molecule has 0 saturated carbocycles. The fourth-order valence-corrected chi connectivity index (χ4v) is 3.28. The Kier molecular flexibility index (Phi) is 4.84. The van der Waals surface area contributed by atoms with E-state index in [0.29, 0.717) is 28.7 Å². The lowest BCUT2D eigenvalue weighted by Gasteiger charge is -2.17. The quantitative estimate of drug-likeness (QED) is 0.732. The van der Waals surface area contributed by atoms with Crippen LogP contribution in [0.3, 0.4) is 0 Å². The summed E-state index contributed by atoms with van der Waals surface area (Å²) in [5.41, 5.74) is 2.25. The second-order valence-electron chi connectivity index (χ2n) is 7.05. The van der Waals surface area contributed by atoms with Gasteiger partial charge in [-0.2, -0.15) is 4.98 Å². The maximum absolute atomic E-state index is 13.7. The molecule has 3 aromatic rings. The van der Waals surface area contributed by atoms with E-state index in [1.165, 1.54) is 6.07 Å². The van der Waals surface area contributed by atoms with Crippen LogP contribution in [0, 0.1) is 25.6 Å². The molecule has 0 spiro atoms. The van der Waals surface area contributed by atoms with Crippen LogP contribution in [-0.4, -0.2) is 28.5 Å². The van der Waals surface area contributed by atoms with E-state index in [2.05, 4.69) is 15.5 Å². The number of benzene rings is 2. The van der Waals surface area contributed by atoms with Crippen LogP contribution in [0.25, 0.3) is 11.4 Å². The summed E-state index contributed by atoms with van der Waals surface area (Å²) >= 11 is 0. The van der Waals surface area contributed by atoms with Crippen LogP contribution in [0.2, 0.25) is 0 Å². The van der Waals surface area contributed by atoms with Gasteiger partial charge in [0.25, 0.3) is 0 Å². The van der Waals surface area contributed by atoms with Crippen LogP contribution in [0.1, 0.15) is 17.9 Å². The zero-order chi connectivity index (χ0) is 20.5. The maximum Gasteiger partial charge on any atom is 0.229 e. The molecule has 2 aromatic carbocycles. The fraction of sp³-hybridized carbons (Fsp3) is 0.238. The van der Waals surface area contributed by atoms with E-state index < -0.39 is 5.92 Å². The van der Waals surface area contributed by atoms with Gasteiger partial charge in [0.2, 0.25) is 23.5 Å². The third kappa shape index (κ3) is 3.87. The Balaban J connectivity index is 1.49. The van der Waals surface area contributed by atoms with E-state index in [4.69, 9.17) is 4.52 Å². The number of carbonyl (C=O) groups is 2. The molecule has 0 bridgehead atoms. The van der Waals surface area contributed by atoms with Gasteiger partial charge in [-0.1, -0.05) is 23.4 Å². The average molecular weight is 394 g/mol. The second-order valence-corrected chi connectivity index (χ2v) is 7.05. The molecule has 2 heterocycles. The predicted octanol–water partition coefficient (Wildman–Crippen LogP) is 3.48. The van der Waals surface area contributed by atoms with E-state index >= 15 is 0 Å². The number of carbonyl (C=O) groups excluding carboxylic acids is 2. The molecule has 1 fully saturated rings. The van der Waals surface area contributed by atoms with E-state index in [1.807, 2.05) is 6.07 Å². The first kappa shape index (κ1) is 18.8. The number of anilines is 2. The van der Waals surface area contributed by atoms with E-state index in [9.17, 15) is 14.0 Å². The lowest BCUT2D eigenvalue weighted by molar-refractivity contribution is -0.122. The molecule has 4 rings (SSSR count). The van der Waals surface area contributed by atoms with Crippen molar-refractivity contribution in [2.24, 2.45) is 5.92 Å². The van der Waals surface area contributed by atoms with Crippen molar-refractivity contribution in [3.8, 4) is 11.4 Å². The Morgan fingerprint density at radius 2 is 2.07 bits per heavy atom. The minimum Gasteiger partial charge on any atom is -0.339 e. The SMILES string of the molecule is Cc1nc(-c2cccc(N3CC(C(=O)Nc4ccc(C)c(F)c4)CC3=O)c2)no1. The minimum absolute atomic E-state index is 0.0890. The summed E-state index contributed by atoms with van der Waals surface area (Å²) in [5.74, 6) is -0.488. The molecular weight excluding hydrogens is 375 g/mol. The fourth-order valence-electron chi connectivity index (χ4n) is 3.28. The second kappa shape index (κ2) is 7.46. The van der Waals surface area contributed by atoms with Crippen LogP contribution in [0.15, 0.2) is 47.0 Å². The highest BCUT2D eigenvalue weighted by molar-refractivity contribution is 6.03. The number of hydrogen-bond donors (Lipinski definition) is 1. The van der Waals surface area contributed by atoms with Crippen LogP contribution >= 0.6 is 0 Å². The molecular formula is C21H19FN4O3. The smallest absolute Gasteiger partial charge is 0.229 e. The summed E-state index contributed by atoms with van der Waals surface area (Å²) in [6.07, 6.45) is 0.0890. The molecule has 0 radical (unpaired) electrons. The number of amides is 2. The van der Waals surface area contributed by atoms with Crippen LogP contribution in [0.4, 0.5) is 15.8 Å². The van der Waals surface area contributed by atoms with Crippen molar-refractivity contribution < 1.29 is 18.5 Å². The van der Waals surface area contributed by atoms with Crippen molar-refractivity contribution in [2.45, 2.75) is 20.3 Å². The molecule has 1 N–H and O–H groups in total. The normalized spacial score (nSPS) is 16.3. The van der Waals surface area contributed by atoms with Crippen molar-refractivity contribution in [1.29, 1.82) is 0 Å². The Bertz CT molecular complexity index is 1100. The van der Waals surface area contributed by atoms with Gasteiger partial charge in [-0.25, -0.2) is 4.39 Å². The molecule has 1 unspecified atom stereocenters. The van der Waals surface area contributed by atoms with Crippen molar-refractivity contribution >= 4 is 23.2 Å². The van der Waals surface area contributed by atoms with Gasteiger partial charge in [-0.3, -0.25) is 9.59 Å². The summed E-state index contributed by atoms with van der Waals surface area (Å²) in [5, 5.41) is 6.59. The van der Waals surface area contributed by atoms with Crippen LogP contribution in [0.5, 0.6) is 0 Å².